The van der Waals surface area contributed by atoms with Crippen molar-refractivity contribution in [3.8, 4) is 10.6 Å². The van der Waals surface area contributed by atoms with Crippen LogP contribution in [0.3, 0.4) is 0 Å². The van der Waals surface area contributed by atoms with Crippen molar-refractivity contribution in [1.29, 1.82) is 0 Å². The van der Waals surface area contributed by atoms with Crippen LogP contribution in [0.1, 0.15) is 26.5 Å². The lowest BCUT2D eigenvalue weighted by atomic mass is 10.2. The SMILES string of the molecule is O=C(NCc1ccc(F)c(F)c1)c1cc(C(=O)O)n2nc(-c3cccs3)cc2n1. The molecular weight excluding hydrogens is 402 g/mol. The summed E-state index contributed by atoms with van der Waals surface area (Å²) < 4.78 is 27.4. The highest BCUT2D eigenvalue weighted by Gasteiger charge is 2.19. The van der Waals surface area contributed by atoms with Crippen LogP contribution in [-0.2, 0) is 6.54 Å². The van der Waals surface area contributed by atoms with E-state index in [0.717, 1.165) is 27.6 Å². The molecule has 0 unspecified atom stereocenters. The Bertz CT molecular complexity index is 1240. The van der Waals surface area contributed by atoms with Crippen molar-refractivity contribution in [3.05, 3.63) is 76.4 Å². The number of thiophene rings is 1. The fraction of sp³-hybridized carbons (Fsp3) is 0.0526. The number of aromatic nitrogens is 3. The van der Waals surface area contributed by atoms with Crippen LogP contribution in [0, 0.1) is 11.6 Å². The summed E-state index contributed by atoms with van der Waals surface area (Å²) in [5, 5.41) is 18.1. The molecule has 0 saturated carbocycles. The molecule has 3 aromatic heterocycles. The Hall–Kier alpha value is -3.66. The summed E-state index contributed by atoms with van der Waals surface area (Å²) in [5.41, 5.74) is 0.729. The Balaban J connectivity index is 1.64. The van der Waals surface area contributed by atoms with Crippen LogP contribution >= 0.6 is 11.3 Å². The van der Waals surface area contributed by atoms with Crippen molar-refractivity contribution in [2.45, 2.75) is 6.54 Å². The van der Waals surface area contributed by atoms with Crippen LogP contribution in [0.4, 0.5) is 8.78 Å². The van der Waals surface area contributed by atoms with Crippen LogP contribution in [0.2, 0.25) is 0 Å². The molecule has 2 N–H and O–H groups in total. The lowest BCUT2D eigenvalue weighted by Gasteiger charge is -2.07. The minimum atomic E-state index is -1.27. The third-order valence-corrected chi connectivity index (χ3v) is 4.98. The van der Waals surface area contributed by atoms with Crippen LogP contribution in [-0.4, -0.2) is 31.6 Å². The molecule has 0 aliphatic rings. The molecule has 0 spiro atoms. The van der Waals surface area contributed by atoms with Crippen molar-refractivity contribution < 1.29 is 23.5 Å². The van der Waals surface area contributed by atoms with Crippen molar-refractivity contribution in [1.82, 2.24) is 19.9 Å². The van der Waals surface area contributed by atoms with Gasteiger partial charge in [-0.25, -0.2) is 23.1 Å². The summed E-state index contributed by atoms with van der Waals surface area (Å²) in [6.07, 6.45) is 0. The molecule has 0 aliphatic heterocycles. The molecular formula is C19H12F2N4O3S. The summed E-state index contributed by atoms with van der Waals surface area (Å²) in [7, 11) is 0. The molecule has 146 valence electrons. The quantitative estimate of drug-likeness (QED) is 0.522. The first-order valence-electron chi connectivity index (χ1n) is 8.32. The molecule has 0 saturated heterocycles. The minimum Gasteiger partial charge on any atom is -0.477 e. The van der Waals surface area contributed by atoms with Crippen LogP contribution < -0.4 is 5.32 Å². The van der Waals surface area contributed by atoms with Gasteiger partial charge in [0.2, 0.25) is 0 Å². The van der Waals surface area contributed by atoms with Crippen molar-refractivity contribution in [2.24, 2.45) is 0 Å². The summed E-state index contributed by atoms with van der Waals surface area (Å²) in [5.74, 6) is -3.93. The lowest BCUT2D eigenvalue weighted by molar-refractivity contribution is 0.0687. The van der Waals surface area contributed by atoms with E-state index in [1.165, 1.54) is 17.4 Å². The fourth-order valence-electron chi connectivity index (χ4n) is 2.71. The number of amides is 1. The van der Waals surface area contributed by atoms with Gasteiger partial charge in [-0.15, -0.1) is 11.3 Å². The summed E-state index contributed by atoms with van der Waals surface area (Å²) >= 11 is 1.44. The zero-order valence-electron chi connectivity index (χ0n) is 14.6. The van der Waals surface area contributed by atoms with E-state index in [1.54, 1.807) is 6.07 Å². The highest BCUT2D eigenvalue weighted by Crippen LogP contribution is 2.24. The van der Waals surface area contributed by atoms with E-state index in [2.05, 4.69) is 15.4 Å². The van der Waals surface area contributed by atoms with Gasteiger partial charge >= 0.3 is 5.97 Å². The number of nitrogens with zero attached hydrogens (tertiary/aromatic N) is 3. The van der Waals surface area contributed by atoms with E-state index in [4.69, 9.17) is 0 Å². The molecule has 1 amide bonds. The van der Waals surface area contributed by atoms with Gasteiger partial charge in [-0.05, 0) is 29.1 Å². The van der Waals surface area contributed by atoms with Crippen LogP contribution in [0.5, 0.6) is 0 Å². The smallest absolute Gasteiger partial charge is 0.354 e. The number of rotatable bonds is 5. The maximum atomic E-state index is 13.3. The fourth-order valence-corrected chi connectivity index (χ4v) is 3.39. The molecule has 4 rings (SSSR count). The van der Waals surface area contributed by atoms with Crippen molar-refractivity contribution >= 4 is 28.9 Å². The third kappa shape index (κ3) is 3.69. The average molecular weight is 414 g/mol. The van der Waals surface area contributed by atoms with Crippen LogP contribution in [0.25, 0.3) is 16.2 Å². The number of nitrogens with one attached hydrogen (secondary N) is 1. The van der Waals surface area contributed by atoms with Crippen molar-refractivity contribution in [2.75, 3.05) is 0 Å². The van der Waals surface area contributed by atoms with E-state index >= 15 is 0 Å². The topological polar surface area (TPSA) is 96.6 Å². The largest absolute Gasteiger partial charge is 0.477 e. The lowest BCUT2D eigenvalue weighted by Crippen LogP contribution is -2.25. The summed E-state index contributed by atoms with van der Waals surface area (Å²) in [4.78, 5) is 29.1. The highest BCUT2D eigenvalue weighted by atomic mass is 32.1. The standard InChI is InChI=1S/C19H12F2N4O3S/c20-11-4-3-10(6-12(11)21)9-22-18(26)14-7-15(19(27)28)25-17(23-14)8-13(24-25)16-2-1-5-29-16/h1-8H,9H2,(H,22,26)(H,27,28). The molecule has 0 atom stereocenters. The zero-order chi connectivity index (χ0) is 20.5. The molecule has 4 aromatic rings. The first-order chi connectivity index (χ1) is 13.9. The summed E-state index contributed by atoms with van der Waals surface area (Å²) in [6.45, 7) is -0.0784. The predicted octanol–water partition coefficient (Wildman–Crippen LogP) is 3.36. The maximum Gasteiger partial charge on any atom is 0.354 e. The Morgan fingerprint density at radius 1 is 1.14 bits per heavy atom. The van der Waals surface area contributed by atoms with Gasteiger partial charge in [0.25, 0.3) is 5.91 Å². The van der Waals surface area contributed by atoms with Gasteiger partial charge in [0.05, 0.1) is 4.88 Å². The predicted molar refractivity (Wildman–Crippen MR) is 101 cm³/mol. The molecule has 0 aliphatic carbocycles. The average Bonchev–Trinajstić information content (AvgIpc) is 3.36. The van der Waals surface area contributed by atoms with Gasteiger partial charge < -0.3 is 10.4 Å². The van der Waals surface area contributed by atoms with E-state index in [0.29, 0.717) is 11.3 Å². The highest BCUT2D eigenvalue weighted by molar-refractivity contribution is 7.13. The number of halogens is 2. The van der Waals surface area contributed by atoms with Crippen LogP contribution in [0.15, 0.2) is 47.8 Å². The zero-order valence-corrected chi connectivity index (χ0v) is 15.4. The number of carbonyl (C=O) groups excluding carboxylic acids is 1. The normalized spacial score (nSPS) is 11.0. The Kier molecular flexibility index (Phi) is 4.77. The number of benzene rings is 1. The number of aromatic carboxylic acids is 1. The molecule has 1 aromatic carbocycles. The number of carboxylic acid groups (broad SMARTS) is 1. The van der Waals surface area contributed by atoms with Gasteiger partial charge in [0.15, 0.2) is 23.0 Å². The van der Waals surface area contributed by atoms with Gasteiger partial charge in [-0.2, -0.15) is 5.10 Å². The van der Waals surface area contributed by atoms with Gasteiger partial charge in [0, 0.05) is 18.7 Å². The van der Waals surface area contributed by atoms with Gasteiger partial charge in [-0.3, -0.25) is 4.79 Å². The van der Waals surface area contributed by atoms with E-state index in [9.17, 15) is 23.5 Å². The number of hydrogen-bond donors (Lipinski definition) is 2. The first-order valence-corrected chi connectivity index (χ1v) is 9.20. The maximum absolute atomic E-state index is 13.3. The number of hydrogen-bond acceptors (Lipinski definition) is 5. The second-order valence-corrected chi connectivity index (χ2v) is 6.99. The van der Waals surface area contributed by atoms with E-state index in [1.807, 2.05) is 17.5 Å². The third-order valence-electron chi connectivity index (χ3n) is 4.09. The molecule has 29 heavy (non-hydrogen) atoms. The summed E-state index contributed by atoms with van der Waals surface area (Å²) in [6, 6.07) is 9.64. The molecule has 0 fully saturated rings. The molecule has 0 radical (unpaired) electrons. The molecule has 7 nitrogen and oxygen atoms in total. The van der Waals surface area contributed by atoms with E-state index in [-0.39, 0.29) is 23.6 Å². The van der Waals surface area contributed by atoms with Gasteiger partial charge in [0.1, 0.15) is 11.4 Å². The van der Waals surface area contributed by atoms with Gasteiger partial charge in [-0.1, -0.05) is 12.1 Å². The Morgan fingerprint density at radius 2 is 1.97 bits per heavy atom. The van der Waals surface area contributed by atoms with Crippen molar-refractivity contribution in [3.63, 3.8) is 0 Å². The number of carboxylic acids is 1. The molecule has 3 heterocycles. The minimum absolute atomic E-state index is 0.0784. The first kappa shape index (κ1) is 18.7. The Labute approximate surface area is 166 Å². The second kappa shape index (κ2) is 7.40. The molecule has 10 heteroatoms. The second-order valence-electron chi connectivity index (χ2n) is 6.04. The molecule has 0 bridgehead atoms. The Morgan fingerprint density at radius 3 is 2.66 bits per heavy atom. The van der Waals surface area contributed by atoms with E-state index < -0.39 is 23.5 Å². The number of carbonyl (C=O) groups is 2. The monoisotopic (exact) mass is 414 g/mol. The number of fused-ring (bicyclic) bond motifs is 1.